The molecule has 0 aliphatic rings. The minimum absolute atomic E-state index is 0.0422. The van der Waals surface area contributed by atoms with Crippen LogP contribution in [0, 0.1) is 5.95 Å². The van der Waals surface area contributed by atoms with Crippen molar-refractivity contribution in [1.29, 1.82) is 0 Å². The number of anilines is 3. The largest absolute Gasteiger partial charge is 0.382 e. The molecule has 0 fully saturated rings. The second kappa shape index (κ2) is 7.50. The highest BCUT2D eigenvalue weighted by atomic mass is 32.1. The van der Waals surface area contributed by atoms with Crippen molar-refractivity contribution in [1.82, 2.24) is 9.97 Å². The van der Waals surface area contributed by atoms with Gasteiger partial charge in [-0.2, -0.15) is 4.39 Å². The third kappa shape index (κ3) is 3.77. The molecule has 4 N–H and O–H groups in total. The summed E-state index contributed by atoms with van der Waals surface area (Å²) in [5, 5.41) is 0.284. The van der Waals surface area contributed by atoms with Crippen LogP contribution in [0.3, 0.4) is 0 Å². The number of nitrogens with two attached hydrogens (primary N) is 2. The van der Waals surface area contributed by atoms with E-state index in [4.69, 9.17) is 11.5 Å². The molecule has 0 saturated carbocycles. The molecule has 3 aromatic rings. The number of carbonyl (C=O) groups excluding carboxylic acids is 2. The fourth-order valence-electron chi connectivity index (χ4n) is 2.44. The van der Waals surface area contributed by atoms with Crippen LogP contribution in [0.2, 0.25) is 0 Å². The number of halogens is 1. The maximum atomic E-state index is 13.2. The van der Waals surface area contributed by atoms with Crippen molar-refractivity contribution in [2.45, 2.75) is 13.0 Å². The van der Waals surface area contributed by atoms with E-state index in [0.29, 0.717) is 11.3 Å². The first-order valence-electron chi connectivity index (χ1n) is 7.94. The minimum atomic E-state index is -0.817. The van der Waals surface area contributed by atoms with Crippen LogP contribution in [-0.4, -0.2) is 27.7 Å². The number of rotatable bonds is 6. The average molecular weight is 385 g/mol. The first kappa shape index (κ1) is 18.5. The Bertz CT molecular complexity index is 975. The van der Waals surface area contributed by atoms with E-state index >= 15 is 0 Å². The summed E-state index contributed by atoms with van der Waals surface area (Å²) < 4.78 is 13.2. The Morgan fingerprint density at radius 2 is 1.89 bits per heavy atom. The standard InChI is InChI=1S/C18H16FN5O2S/c1-10(17(21)26)24(12-7-8-13(19)22-9-12)18-23-16(20)15(27-18)14(25)11-5-3-2-4-6-11/h2-10H,20H2,1H3,(H2,21,26)/t10-/m1/s1. The summed E-state index contributed by atoms with van der Waals surface area (Å²) in [6, 6.07) is 10.4. The van der Waals surface area contributed by atoms with Gasteiger partial charge < -0.3 is 16.4 Å². The van der Waals surface area contributed by atoms with Crippen molar-refractivity contribution in [2.75, 3.05) is 10.6 Å². The van der Waals surface area contributed by atoms with Gasteiger partial charge in [0.15, 0.2) is 5.13 Å². The van der Waals surface area contributed by atoms with Crippen LogP contribution in [0.15, 0.2) is 48.7 Å². The molecule has 138 valence electrons. The van der Waals surface area contributed by atoms with Gasteiger partial charge >= 0.3 is 0 Å². The van der Waals surface area contributed by atoms with Gasteiger partial charge in [-0.15, -0.1) is 0 Å². The molecule has 1 atom stereocenters. The van der Waals surface area contributed by atoms with Crippen LogP contribution < -0.4 is 16.4 Å². The number of ketones is 1. The molecule has 0 unspecified atom stereocenters. The summed E-state index contributed by atoms with van der Waals surface area (Å²) in [6.45, 7) is 1.57. The Labute approximate surface area is 158 Å². The number of carbonyl (C=O) groups is 2. The Kier molecular flexibility index (Phi) is 5.13. The van der Waals surface area contributed by atoms with E-state index in [-0.39, 0.29) is 21.6 Å². The van der Waals surface area contributed by atoms with Gasteiger partial charge in [0.05, 0.1) is 11.9 Å². The molecular formula is C18H16FN5O2S. The fourth-order valence-corrected chi connectivity index (χ4v) is 3.49. The van der Waals surface area contributed by atoms with E-state index in [1.54, 1.807) is 37.3 Å². The molecule has 1 aromatic carbocycles. The number of primary amides is 1. The van der Waals surface area contributed by atoms with E-state index in [1.807, 2.05) is 0 Å². The summed E-state index contributed by atoms with van der Waals surface area (Å²) >= 11 is 1.03. The number of benzene rings is 1. The predicted octanol–water partition coefficient (Wildman–Crippen LogP) is 2.50. The third-order valence-electron chi connectivity index (χ3n) is 3.88. The minimum Gasteiger partial charge on any atom is -0.382 e. The first-order valence-corrected chi connectivity index (χ1v) is 8.76. The smallest absolute Gasteiger partial charge is 0.240 e. The lowest BCUT2D eigenvalue weighted by molar-refractivity contribution is -0.118. The second-order valence-electron chi connectivity index (χ2n) is 5.69. The Hall–Kier alpha value is -3.33. The number of nitrogens with zero attached hydrogens (tertiary/aromatic N) is 3. The van der Waals surface area contributed by atoms with Gasteiger partial charge in [-0.1, -0.05) is 41.7 Å². The molecule has 27 heavy (non-hydrogen) atoms. The van der Waals surface area contributed by atoms with Gasteiger partial charge in [-0.05, 0) is 19.1 Å². The van der Waals surface area contributed by atoms with E-state index < -0.39 is 17.9 Å². The van der Waals surface area contributed by atoms with Crippen LogP contribution in [0.5, 0.6) is 0 Å². The van der Waals surface area contributed by atoms with Crippen LogP contribution in [0.4, 0.5) is 21.0 Å². The molecule has 0 radical (unpaired) electrons. The zero-order valence-corrected chi connectivity index (χ0v) is 15.1. The van der Waals surface area contributed by atoms with Crippen LogP contribution in [0.1, 0.15) is 22.2 Å². The van der Waals surface area contributed by atoms with E-state index in [9.17, 15) is 14.0 Å². The molecule has 0 saturated heterocycles. The van der Waals surface area contributed by atoms with Gasteiger partial charge in [0.2, 0.25) is 17.6 Å². The van der Waals surface area contributed by atoms with Crippen molar-refractivity contribution in [3.8, 4) is 0 Å². The first-order chi connectivity index (χ1) is 12.9. The normalized spacial score (nSPS) is 11.8. The molecule has 0 aliphatic carbocycles. The van der Waals surface area contributed by atoms with Gasteiger partial charge in [0.25, 0.3) is 0 Å². The number of aromatic nitrogens is 2. The van der Waals surface area contributed by atoms with Gasteiger partial charge in [-0.3, -0.25) is 9.59 Å². The zero-order valence-electron chi connectivity index (χ0n) is 14.3. The zero-order chi connectivity index (χ0) is 19.6. The van der Waals surface area contributed by atoms with Gasteiger partial charge in [0.1, 0.15) is 16.7 Å². The van der Waals surface area contributed by atoms with Crippen LogP contribution in [-0.2, 0) is 4.79 Å². The quantitative estimate of drug-likeness (QED) is 0.498. The highest BCUT2D eigenvalue weighted by Crippen LogP contribution is 2.35. The number of amides is 1. The van der Waals surface area contributed by atoms with Gasteiger partial charge in [0, 0.05) is 5.56 Å². The lowest BCUT2D eigenvalue weighted by atomic mass is 10.1. The number of pyridine rings is 1. The molecule has 3 rings (SSSR count). The highest BCUT2D eigenvalue weighted by Gasteiger charge is 2.27. The second-order valence-corrected chi connectivity index (χ2v) is 6.67. The maximum Gasteiger partial charge on any atom is 0.240 e. The summed E-state index contributed by atoms with van der Waals surface area (Å²) in [6.07, 6.45) is 1.26. The van der Waals surface area contributed by atoms with Crippen molar-refractivity contribution >= 4 is 39.7 Å². The third-order valence-corrected chi connectivity index (χ3v) is 4.95. The molecular weight excluding hydrogens is 369 g/mol. The van der Waals surface area contributed by atoms with Crippen molar-refractivity contribution < 1.29 is 14.0 Å². The van der Waals surface area contributed by atoms with E-state index in [1.165, 1.54) is 17.2 Å². The number of hydrogen-bond donors (Lipinski definition) is 2. The molecule has 9 heteroatoms. The summed E-state index contributed by atoms with van der Waals surface area (Å²) in [5.74, 6) is -1.52. The molecule has 0 bridgehead atoms. The maximum absolute atomic E-state index is 13.2. The molecule has 0 aliphatic heterocycles. The molecule has 0 spiro atoms. The highest BCUT2D eigenvalue weighted by molar-refractivity contribution is 7.18. The summed E-state index contributed by atoms with van der Waals surface area (Å²) in [5.41, 5.74) is 12.3. The van der Waals surface area contributed by atoms with Crippen molar-refractivity contribution in [2.24, 2.45) is 5.73 Å². The van der Waals surface area contributed by atoms with Crippen LogP contribution in [0.25, 0.3) is 0 Å². The Morgan fingerprint density at radius 1 is 1.19 bits per heavy atom. The Morgan fingerprint density at radius 3 is 2.48 bits per heavy atom. The predicted molar refractivity (Wildman–Crippen MR) is 101 cm³/mol. The number of thiazole rings is 1. The molecule has 7 nitrogen and oxygen atoms in total. The molecule has 2 heterocycles. The summed E-state index contributed by atoms with van der Waals surface area (Å²) in [7, 11) is 0. The lowest BCUT2D eigenvalue weighted by Crippen LogP contribution is -2.40. The monoisotopic (exact) mass is 385 g/mol. The SMILES string of the molecule is C[C@H](C(N)=O)N(c1ccc(F)nc1)c1nc(N)c(C(=O)c2ccccc2)s1. The van der Waals surface area contributed by atoms with Crippen LogP contribution >= 0.6 is 11.3 Å². The van der Waals surface area contributed by atoms with E-state index in [0.717, 1.165) is 17.4 Å². The summed E-state index contributed by atoms with van der Waals surface area (Å²) in [4.78, 5) is 34.0. The van der Waals surface area contributed by atoms with E-state index in [2.05, 4.69) is 9.97 Å². The van der Waals surface area contributed by atoms with Crippen molar-refractivity contribution in [3.05, 3.63) is 65.0 Å². The molecule has 1 amide bonds. The molecule has 2 aromatic heterocycles. The number of nitrogen functional groups attached to an aromatic ring is 1. The topological polar surface area (TPSA) is 115 Å². The Balaban J connectivity index is 2.04. The lowest BCUT2D eigenvalue weighted by Gasteiger charge is -2.26. The fraction of sp³-hybridized carbons (Fsp3) is 0.111. The average Bonchev–Trinajstić information content (AvgIpc) is 3.04. The van der Waals surface area contributed by atoms with Crippen molar-refractivity contribution in [3.63, 3.8) is 0 Å². The van der Waals surface area contributed by atoms with Gasteiger partial charge in [-0.25, -0.2) is 9.97 Å². The number of hydrogen-bond acceptors (Lipinski definition) is 7.